The van der Waals surface area contributed by atoms with Gasteiger partial charge in [0.1, 0.15) is 0 Å². The molecule has 0 bridgehead atoms. The SMILES string of the molecule is C/C(=C\CO[Si](c1ccccc1)(c1ccccc1)C(C)(C)C)[C@H](O)CS(=O)c1ccc(C)cc1. The van der Waals surface area contributed by atoms with Crippen molar-refractivity contribution in [1.82, 2.24) is 0 Å². The molecule has 0 aliphatic heterocycles. The summed E-state index contributed by atoms with van der Waals surface area (Å²) in [5, 5.41) is 13.1. The smallest absolute Gasteiger partial charge is 0.261 e. The minimum Gasteiger partial charge on any atom is -0.404 e. The van der Waals surface area contributed by atoms with E-state index in [1.165, 1.54) is 10.4 Å². The van der Waals surface area contributed by atoms with Gasteiger partial charge < -0.3 is 9.53 Å². The van der Waals surface area contributed by atoms with Crippen molar-refractivity contribution in [2.45, 2.75) is 50.7 Å². The van der Waals surface area contributed by atoms with Gasteiger partial charge >= 0.3 is 0 Å². The molecule has 0 heterocycles. The first-order chi connectivity index (χ1) is 16.1. The minimum absolute atomic E-state index is 0.108. The van der Waals surface area contributed by atoms with Crippen molar-refractivity contribution in [3.8, 4) is 0 Å². The summed E-state index contributed by atoms with van der Waals surface area (Å²) in [4.78, 5) is 0.737. The van der Waals surface area contributed by atoms with E-state index in [0.717, 1.165) is 16.0 Å². The molecule has 0 aliphatic rings. The van der Waals surface area contributed by atoms with E-state index >= 15 is 0 Å². The van der Waals surface area contributed by atoms with Crippen molar-refractivity contribution in [2.75, 3.05) is 12.4 Å². The number of hydrogen-bond acceptors (Lipinski definition) is 3. The van der Waals surface area contributed by atoms with Gasteiger partial charge in [0.2, 0.25) is 0 Å². The third kappa shape index (κ3) is 6.02. The third-order valence-corrected chi connectivity index (χ3v) is 12.7. The van der Waals surface area contributed by atoms with Crippen LogP contribution >= 0.6 is 0 Å². The average Bonchev–Trinajstić information content (AvgIpc) is 2.82. The number of aryl methyl sites for hydroxylation is 1. The van der Waals surface area contributed by atoms with Gasteiger partial charge in [-0.2, -0.15) is 0 Å². The highest BCUT2D eigenvalue weighted by Gasteiger charge is 2.49. The maximum absolute atomic E-state index is 12.7. The quantitative estimate of drug-likeness (QED) is 0.338. The highest BCUT2D eigenvalue weighted by atomic mass is 32.2. The zero-order valence-corrected chi connectivity index (χ0v) is 22.6. The first kappa shape index (κ1) is 26.3. The van der Waals surface area contributed by atoms with E-state index in [4.69, 9.17) is 4.43 Å². The van der Waals surface area contributed by atoms with Gasteiger partial charge in [-0.1, -0.05) is 105 Å². The van der Waals surface area contributed by atoms with E-state index in [1.54, 1.807) is 0 Å². The van der Waals surface area contributed by atoms with Gasteiger partial charge in [0.05, 0.1) is 29.3 Å². The summed E-state index contributed by atoms with van der Waals surface area (Å²) in [6, 6.07) is 28.6. The van der Waals surface area contributed by atoms with Crippen LogP contribution in [0, 0.1) is 6.92 Å². The largest absolute Gasteiger partial charge is 0.404 e. The van der Waals surface area contributed by atoms with Crippen molar-refractivity contribution in [3.63, 3.8) is 0 Å². The molecule has 180 valence electrons. The maximum Gasteiger partial charge on any atom is 0.261 e. The van der Waals surface area contributed by atoms with Crippen LogP contribution in [-0.4, -0.2) is 36.1 Å². The molecule has 1 N–H and O–H groups in total. The fourth-order valence-corrected chi connectivity index (χ4v) is 9.93. The van der Waals surface area contributed by atoms with Gasteiger partial charge in [-0.25, -0.2) is 0 Å². The molecule has 0 aromatic heterocycles. The van der Waals surface area contributed by atoms with E-state index in [0.29, 0.717) is 6.61 Å². The standard InChI is InChI=1S/C29H36O3SSi/c1-23-16-18-25(19-17-23)33(31)22-28(30)24(2)20-21-32-34(29(3,4)5,26-12-8-6-9-13-26)27-14-10-7-11-15-27/h6-20,28,30H,21-22H2,1-5H3/b24-20+/t28-,33?/m1/s1. The molecule has 3 rings (SSSR count). The Morgan fingerprint density at radius 2 is 1.44 bits per heavy atom. The Balaban J connectivity index is 1.82. The van der Waals surface area contributed by atoms with Crippen LogP contribution in [0.4, 0.5) is 0 Å². The van der Waals surface area contributed by atoms with Crippen molar-refractivity contribution in [3.05, 3.63) is 102 Å². The zero-order valence-electron chi connectivity index (χ0n) is 20.8. The zero-order chi connectivity index (χ0) is 24.8. The number of rotatable bonds is 9. The Labute approximate surface area is 208 Å². The Morgan fingerprint density at radius 1 is 0.941 bits per heavy atom. The molecule has 0 amide bonds. The predicted molar refractivity (Wildman–Crippen MR) is 146 cm³/mol. The van der Waals surface area contributed by atoms with Gasteiger partial charge in [0.15, 0.2) is 0 Å². The van der Waals surface area contributed by atoms with Crippen LogP contribution < -0.4 is 10.4 Å². The van der Waals surface area contributed by atoms with Crippen LogP contribution in [0.5, 0.6) is 0 Å². The summed E-state index contributed by atoms with van der Waals surface area (Å²) in [5.41, 5.74) is 1.90. The van der Waals surface area contributed by atoms with Crippen LogP contribution in [0.1, 0.15) is 33.3 Å². The van der Waals surface area contributed by atoms with Crippen LogP contribution in [-0.2, 0) is 15.2 Å². The lowest BCUT2D eigenvalue weighted by molar-refractivity contribution is 0.232. The fourth-order valence-electron chi connectivity index (χ4n) is 4.26. The first-order valence-electron chi connectivity index (χ1n) is 11.7. The minimum atomic E-state index is -2.63. The van der Waals surface area contributed by atoms with E-state index in [-0.39, 0.29) is 10.8 Å². The molecule has 0 saturated carbocycles. The van der Waals surface area contributed by atoms with E-state index < -0.39 is 25.2 Å². The Bertz CT molecular complexity index is 1060. The number of aliphatic hydroxyl groups excluding tert-OH is 1. The molecular formula is C29H36O3SSi. The summed E-state index contributed by atoms with van der Waals surface area (Å²) in [7, 11) is -3.89. The molecule has 3 aromatic rings. The second-order valence-corrected chi connectivity index (χ2v) is 15.6. The fraction of sp³-hybridized carbons (Fsp3) is 0.310. The molecule has 0 spiro atoms. The van der Waals surface area contributed by atoms with Crippen molar-refractivity contribution < 1.29 is 13.7 Å². The van der Waals surface area contributed by atoms with Gasteiger partial charge in [-0.05, 0) is 47.0 Å². The van der Waals surface area contributed by atoms with Gasteiger partial charge in [0, 0.05) is 4.90 Å². The second kappa shape index (κ2) is 11.4. The topological polar surface area (TPSA) is 46.5 Å². The van der Waals surface area contributed by atoms with Gasteiger partial charge in [-0.3, -0.25) is 4.21 Å². The predicted octanol–water partition coefficient (Wildman–Crippen LogP) is 4.99. The van der Waals surface area contributed by atoms with Crippen molar-refractivity contribution in [2.24, 2.45) is 0 Å². The molecule has 0 aliphatic carbocycles. The van der Waals surface area contributed by atoms with Crippen LogP contribution in [0.3, 0.4) is 0 Å². The molecule has 3 aromatic carbocycles. The number of aliphatic hydroxyl groups is 1. The lowest BCUT2D eigenvalue weighted by Gasteiger charge is -2.42. The normalized spacial score (nSPS) is 14.6. The lowest BCUT2D eigenvalue weighted by atomic mass is 10.2. The summed E-state index contributed by atoms with van der Waals surface area (Å²) >= 11 is 0. The highest BCUT2D eigenvalue weighted by Crippen LogP contribution is 2.36. The molecule has 34 heavy (non-hydrogen) atoms. The average molecular weight is 493 g/mol. The number of hydrogen-bond donors (Lipinski definition) is 1. The molecular weight excluding hydrogens is 456 g/mol. The molecule has 0 saturated heterocycles. The summed E-state index contributed by atoms with van der Waals surface area (Å²) in [5.74, 6) is 0.171. The molecule has 3 nitrogen and oxygen atoms in total. The number of benzene rings is 3. The Kier molecular flexibility index (Phi) is 8.82. The monoisotopic (exact) mass is 492 g/mol. The molecule has 1 unspecified atom stereocenters. The van der Waals surface area contributed by atoms with Crippen LogP contribution in [0.2, 0.25) is 5.04 Å². The van der Waals surface area contributed by atoms with Crippen molar-refractivity contribution >= 4 is 29.5 Å². The third-order valence-electron chi connectivity index (χ3n) is 6.24. The van der Waals surface area contributed by atoms with E-state index in [9.17, 15) is 9.32 Å². The summed E-state index contributed by atoms with van der Waals surface area (Å²) in [6.45, 7) is 11.0. The van der Waals surface area contributed by atoms with Crippen molar-refractivity contribution in [1.29, 1.82) is 0 Å². The molecule has 0 fully saturated rings. The van der Waals surface area contributed by atoms with Crippen LogP contribution in [0.15, 0.2) is 101 Å². The molecule has 0 radical (unpaired) electrons. The molecule has 2 atom stereocenters. The first-order valence-corrected chi connectivity index (χ1v) is 14.9. The van der Waals surface area contributed by atoms with Gasteiger partial charge in [0.25, 0.3) is 8.32 Å². The second-order valence-electron chi connectivity index (χ2n) is 9.76. The maximum atomic E-state index is 12.7. The Morgan fingerprint density at radius 3 is 1.91 bits per heavy atom. The lowest BCUT2D eigenvalue weighted by Crippen LogP contribution is -2.66. The van der Waals surface area contributed by atoms with E-state index in [1.807, 2.05) is 56.3 Å². The molecule has 5 heteroatoms. The van der Waals surface area contributed by atoms with E-state index in [2.05, 4.69) is 69.3 Å². The summed E-state index contributed by atoms with van der Waals surface area (Å²) < 4.78 is 19.6. The van der Waals surface area contributed by atoms with Gasteiger partial charge in [-0.15, -0.1) is 0 Å². The summed E-state index contributed by atoms with van der Waals surface area (Å²) in [6.07, 6.45) is 1.15. The highest BCUT2D eigenvalue weighted by molar-refractivity contribution is 7.85. The Hall–Kier alpha value is -2.31. The van der Waals surface area contributed by atoms with Crippen LogP contribution in [0.25, 0.3) is 0 Å².